The Balaban J connectivity index is 2.56. The number of hydrogen-bond acceptors (Lipinski definition) is 2. The third kappa shape index (κ3) is 1.35. The van der Waals surface area contributed by atoms with Gasteiger partial charge >= 0.3 is 0 Å². The molecule has 3 heteroatoms. The summed E-state index contributed by atoms with van der Waals surface area (Å²) in [6, 6.07) is 3.60. The van der Waals surface area contributed by atoms with Crippen molar-refractivity contribution in [2.75, 3.05) is 5.73 Å². The van der Waals surface area contributed by atoms with E-state index in [1.807, 2.05) is 19.9 Å². The van der Waals surface area contributed by atoms with Gasteiger partial charge in [0, 0.05) is 17.0 Å². The largest absolute Gasteiger partial charge is 0.485 e. The highest BCUT2D eigenvalue weighted by Crippen LogP contribution is 2.42. The molecule has 0 bridgehead atoms. The summed E-state index contributed by atoms with van der Waals surface area (Å²) in [6.07, 6.45) is 0.826. The predicted molar refractivity (Wildman–Crippen MR) is 54.3 cm³/mol. The number of anilines is 1. The molecule has 0 aromatic heterocycles. The molecule has 0 saturated heterocycles. The van der Waals surface area contributed by atoms with Crippen molar-refractivity contribution < 1.29 is 4.74 Å². The van der Waals surface area contributed by atoms with Crippen LogP contribution >= 0.6 is 11.6 Å². The van der Waals surface area contributed by atoms with Crippen LogP contribution in [0.15, 0.2) is 12.1 Å². The van der Waals surface area contributed by atoms with Crippen LogP contribution in [-0.2, 0) is 6.42 Å². The van der Waals surface area contributed by atoms with Gasteiger partial charge in [-0.3, -0.25) is 0 Å². The van der Waals surface area contributed by atoms with E-state index in [2.05, 4.69) is 0 Å². The topological polar surface area (TPSA) is 35.2 Å². The summed E-state index contributed by atoms with van der Waals surface area (Å²) in [5, 5.41) is 0.745. The molecule has 1 aliphatic rings. The number of hydrogen-bond donors (Lipinski definition) is 1. The molecule has 70 valence electrons. The van der Waals surface area contributed by atoms with Crippen LogP contribution in [0.3, 0.4) is 0 Å². The number of ether oxygens (including phenoxy) is 1. The minimum atomic E-state index is -0.179. The van der Waals surface area contributed by atoms with Crippen LogP contribution in [0.25, 0.3) is 0 Å². The highest BCUT2D eigenvalue weighted by Gasteiger charge is 2.32. The van der Waals surface area contributed by atoms with E-state index in [1.165, 1.54) is 0 Å². The van der Waals surface area contributed by atoms with Crippen LogP contribution in [-0.4, -0.2) is 5.60 Å². The molecule has 0 saturated carbocycles. The van der Waals surface area contributed by atoms with E-state index in [1.54, 1.807) is 6.07 Å². The van der Waals surface area contributed by atoms with Crippen molar-refractivity contribution in [3.63, 3.8) is 0 Å². The zero-order valence-electron chi connectivity index (χ0n) is 7.73. The van der Waals surface area contributed by atoms with Crippen molar-refractivity contribution in [1.82, 2.24) is 0 Å². The van der Waals surface area contributed by atoms with Gasteiger partial charge in [-0.25, -0.2) is 0 Å². The van der Waals surface area contributed by atoms with Crippen LogP contribution in [0.1, 0.15) is 19.4 Å². The summed E-state index contributed by atoms with van der Waals surface area (Å²) in [6.45, 7) is 4.06. The summed E-state index contributed by atoms with van der Waals surface area (Å²) in [5.41, 5.74) is 7.30. The maximum absolute atomic E-state index is 6.03. The summed E-state index contributed by atoms with van der Waals surface area (Å²) in [4.78, 5) is 0. The lowest BCUT2D eigenvalue weighted by molar-refractivity contribution is 0.139. The zero-order chi connectivity index (χ0) is 9.64. The highest BCUT2D eigenvalue weighted by molar-refractivity contribution is 6.31. The van der Waals surface area contributed by atoms with Crippen LogP contribution < -0.4 is 10.5 Å². The minimum Gasteiger partial charge on any atom is -0.485 e. The third-order valence-corrected chi connectivity index (χ3v) is 2.57. The molecule has 0 unspecified atom stereocenters. The van der Waals surface area contributed by atoms with E-state index >= 15 is 0 Å². The van der Waals surface area contributed by atoms with E-state index in [9.17, 15) is 0 Å². The lowest BCUT2D eigenvalue weighted by Gasteiger charge is -2.17. The van der Waals surface area contributed by atoms with Gasteiger partial charge in [0.2, 0.25) is 0 Å². The van der Waals surface area contributed by atoms with Gasteiger partial charge in [-0.05, 0) is 26.0 Å². The van der Waals surface area contributed by atoms with E-state index < -0.39 is 0 Å². The molecule has 0 atom stereocenters. The van der Waals surface area contributed by atoms with Crippen molar-refractivity contribution in [2.45, 2.75) is 25.9 Å². The quantitative estimate of drug-likeness (QED) is 0.649. The van der Waals surface area contributed by atoms with Crippen LogP contribution in [0, 0.1) is 0 Å². The first kappa shape index (κ1) is 8.70. The predicted octanol–water partition coefficient (Wildman–Crippen LogP) is 2.64. The first-order valence-electron chi connectivity index (χ1n) is 4.25. The van der Waals surface area contributed by atoms with Gasteiger partial charge in [-0.1, -0.05) is 11.6 Å². The smallest absolute Gasteiger partial charge is 0.147 e. The summed E-state index contributed by atoms with van der Waals surface area (Å²) in [5.74, 6) is 0.762. The lowest BCUT2D eigenvalue weighted by Crippen LogP contribution is -2.24. The molecule has 0 amide bonds. The fourth-order valence-corrected chi connectivity index (χ4v) is 1.86. The SMILES string of the molecule is CC1(C)Cc2c(Cl)ccc(N)c2O1. The second-order valence-corrected chi connectivity index (χ2v) is 4.39. The summed E-state index contributed by atoms with van der Waals surface area (Å²) >= 11 is 6.03. The van der Waals surface area contributed by atoms with Crippen molar-refractivity contribution in [1.29, 1.82) is 0 Å². The fraction of sp³-hybridized carbons (Fsp3) is 0.400. The van der Waals surface area contributed by atoms with E-state index in [4.69, 9.17) is 22.1 Å². The first-order valence-corrected chi connectivity index (χ1v) is 4.63. The third-order valence-electron chi connectivity index (χ3n) is 2.21. The molecule has 0 radical (unpaired) electrons. The molecule has 1 aromatic carbocycles. The molecule has 0 spiro atoms. The number of nitrogen functional groups attached to an aromatic ring is 1. The minimum absolute atomic E-state index is 0.179. The Kier molecular flexibility index (Phi) is 1.70. The highest BCUT2D eigenvalue weighted by atomic mass is 35.5. The van der Waals surface area contributed by atoms with Gasteiger partial charge in [0.25, 0.3) is 0 Å². The number of halogens is 1. The summed E-state index contributed by atoms with van der Waals surface area (Å²) in [7, 11) is 0. The second kappa shape index (κ2) is 2.55. The number of nitrogens with two attached hydrogens (primary N) is 1. The normalized spacial score (nSPS) is 18.1. The Labute approximate surface area is 82.6 Å². The van der Waals surface area contributed by atoms with Gasteiger partial charge in [0.15, 0.2) is 0 Å². The second-order valence-electron chi connectivity index (χ2n) is 3.98. The average molecular weight is 198 g/mol. The molecule has 1 aromatic rings. The van der Waals surface area contributed by atoms with Gasteiger partial charge in [0.1, 0.15) is 11.4 Å². The van der Waals surface area contributed by atoms with Crippen molar-refractivity contribution in [3.05, 3.63) is 22.7 Å². The van der Waals surface area contributed by atoms with Crippen molar-refractivity contribution >= 4 is 17.3 Å². The molecule has 13 heavy (non-hydrogen) atoms. The zero-order valence-corrected chi connectivity index (χ0v) is 8.48. The lowest BCUT2D eigenvalue weighted by atomic mass is 10.0. The number of rotatable bonds is 0. The molecular formula is C10H12ClNO. The molecule has 2 nitrogen and oxygen atoms in total. The molecule has 0 aliphatic carbocycles. The maximum atomic E-state index is 6.03. The van der Waals surface area contributed by atoms with Crippen molar-refractivity contribution in [2.24, 2.45) is 0 Å². The summed E-state index contributed by atoms with van der Waals surface area (Å²) < 4.78 is 5.70. The van der Waals surface area contributed by atoms with E-state index in [0.29, 0.717) is 5.69 Å². The Morgan fingerprint density at radius 2 is 2.15 bits per heavy atom. The van der Waals surface area contributed by atoms with Crippen LogP contribution in [0.4, 0.5) is 5.69 Å². The maximum Gasteiger partial charge on any atom is 0.147 e. The number of benzene rings is 1. The van der Waals surface area contributed by atoms with Crippen LogP contribution in [0.2, 0.25) is 5.02 Å². The van der Waals surface area contributed by atoms with E-state index in [-0.39, 0.29) is 5.60 Å². The molecule has 2 rings (SSSR count). The average Bonchev–Trinajstić information content (AvgIpc) is 2.35. The molecule has 1 heterocycles. The molecule has 2 N–H and O–H groups in total. The van der Waals surface area contributed by atoms with Gasteiger partial charge in [0.05, 0.1) is 5.69 Å². The monoisotopic (exact) mass is 197 g/mol. The van der Waals surface area contributed by atoms with E-state index in [0.717, 1.165) is 22.8 Å². The first-order chi connectivity index (χ1) is 5.99. The van der Waals surface area contributed by atoms with Gasteiger partial charge in [-0.15, -0.1) is 0 Å². The standard InChI is InChI=1S/C10H12ClNO/c1-10(2)5-6-7(11)3-4-8(12)9(6)13-10/h3-4H,5,12H2,1-2H3. The van der Waals surface area contributed by atoms with Gasteiger partial charge < -0.3 is 10.5 Å². The van der Waals surface area contributed by atoms with Crippen molar-refractivity contribution in [3.8, 4) is 5.75 Å². The molecular weight excluding hydrogens is 186 g/mol. The Morgan fingerprint density at radius 3 is 2.77 bits per heavy atom. The molecule has 1 aliphatic heterocycles. The Bertz CT molecular complexity index is 327. The Hall–Kier alpha value is -0.890. The molecule has 0 fully saturated rings. The Morgan fingerprint density at radius 1 is 1.46 bits per heavy atom. The number of fused-ring (bicyclic) bond motifs is 1. The fourth-order valence-electron chi connectivity index (χ4n) is 1.65. The van der Waals surface area contributed by atoms with Crippen LogP contribution in [0.5, 0.6) is 5.75 Å². The van der Waals surface area contributed by atoms with Gasteiger partial charge in [-0.2, -0.15) is 0 Å².